The number of nitrogens with zero attached hydrogens (tertiary/aromatic N) is 1. The van der Waals surface area contributed by atoms with Crippen molar-refractivity contribution in [3.8, 4) is 12.3 Å². The van der Waals surface area contributed by atoms with Gasteiger partial charge in [-0.1, -0.05) is 13.8 Å². The first-order valence-electron chi connectivity index (χ1n) is 6.57. The first-order chi connectivity index (χ1) is 7.65. The molecule has 1 rings (SSSR count). The lowest BCUT2D eigenvalue weighted by Crippen LogP contribution is -2.62. The number of hydrogen-bond donors (Lipinski definition) is 1. The second kappa shape index (κ2) is 6.27. The van der Waals surface area contributed by atoms with Crippen molar-refractivity contribution < 1.29 is 0 Å². The Labute approximate surface area is 101 Å². The van der Waals surface area contributed by atoms with Gasteiger partial charge < -0.3 is 5.32 Å². The van der Waals surface area contributed by atoms with Crippen molar-refractivity contribution in [3.05, 3.63) is 0 Å². The summed E-state index contributed by atoms with van der Waals surface area (Å²) in [6.07, 6.45) is 9.76. The Morgan fingerprint density at radius 1 is 1.50 bits per heavy atom. The summed E-state index contributed by atoms with van der Waals surface area (Å²) >= 11 is 0. The number of nitrogens with one attached hydrogen (secondary N) is 1. The predicted molar refractivity (Wildman–Crippen MR) is 70.4 cm³/mol. The molecule has 1 aliphatic heterocycles. The third kappa shape index (κ3) is 3.50. The Morgan fingerprint density at radius 3 is 2.81 bits per heavy atom. The van der Waals surface area contributed by atoms with Crippen molar-refractivity contribution in [1.82, 2.24) is 10.2 Å². The molecular weight excluding hydrogens is 196 g/mol. The van der Waals surface area contributed by atoms with Crippen LogP contribution in [0.5, 0.6) is 0 Å². The van der Waals surface area contributed by atoms with Gasteiger partial charge in [-0.15, -0.1) is 12.3 Å². The highest BCUT2D eigenvalue weighted by Gasteiger charge is 2.33. The van der Waals surface area contributed by atoms with Gasteiger partial charge in [0.05, 0.1) is 0 Å². The van der Waals surface area contributed by atoms with Crippen LogP contribution in [0.3, 0.4) is 0 Å². The Balaban J connectivity index is 2.51. The second-order valence-corrected chi connectivity index (χ2v) is 5.14. The van der Waals surface area contributed by atoms with Crippen molar-refractivity contribution in [2.45, 2.75) is 58.0 Å². The van der Waals surface area contributed by atoms with Gasteiger partial charge in [0, 0.05) is 31.1 Å². The summed E-state index contributed by atoms with van der Waals surface area (Å²) < 4.78 is 0. The van der Waals surface area contributed by atoms with Gasteiger partial charge in [-0.05, 0) is 32.7 Å². The van der Waals surface area contributed by atoms with Gasteiger partial charge in [0.2, 0.25) is 0 Å². The molecule has 1 N–H and O–H groups in total. The highest BCUT2D eigenvalue weighted by molar-refractivity contribution is 4.94. The van der Waals surface area contributed by atoms with E-state index in [-0.39, 0.29) is 0 Å². The zero-order chi connectivity index (χ0) is 12.0. The highest BCUT2D eigenvalue weighted by atomic mass is 15.2. The molecule has 0 aromatic rings. The van der Waals surface area contributed by atoms with Crippen molar-refractivity contribution in [2.24, 2.45) is 0 Å². The predicted octanol–water partition coefficient (Wildman–Crippen LogP) is 2.25. The van der Waals surface area contributed by atoms with E-state index in [9.17, 15) is 0 Å². The van der Waals surface area contributed by atoms with E-state index in [0.717, 1.165) is 32.5 Å². The second-order valence-electron chi connectivity index (χ2n) is 5.14. The molecule has 0 spiro atoms. The summed E-state index contributed by atoms with van der Waals surface area (Å²) in [5.74, 6) is 2.73. The maximum absolute atomic E-state index is 5.31. The molecule has 0 radical (unpaired) electrons. The summed E-state index contributed by atoms with van der Waals surface area (Å²) in [6.45, 7) is 10.3. The molecule has 1 aliphatic rings. The van der Waals surface area contributed by atoms with Gasteiger partial charge in [0.15, 0.2) is 0 Å². The van der Waals surface area contributed by atoms with Crippen LogP contribution in [0.4, 0.5) is 0 Å². The van der Waals surface area contributed by atoms with Gasteiger partial charge in [-0.2, -0.15) is 0 Å². The average molecular weight is 222 g/mol. The minimum Gasteiger partial charge on any atom is -0.309 e. The molecule has 2 atom stereocenters. The Morgan fingerprint density at radius 2 is 2.25 bits per heavy atom. The molecule has 0 saturated carbocycles. The fraction of sp³-hybridized carbons (Fsp3) is 0.857. The zero-order valence-corrected chi connectivity index (χ0v) is 11.1. The third-order valence-electron chi connectivity index (χ3n) is 3.85. The van der Waals surface area contributed by atoms with Gasteiger partial charge in [0.25, 0.3) is 0 Å². The summed E-state index contributed by atoms with van der Waals surface area (Å²) in [7, 11) is 0. The van der Waals surface area contributed by atoms with E-state index >= 15 is 0 Å². The fourth-order valence-corrected chi connectivity index (χ4v) is 2.41. The van der Waals surface area contributed by atoms with E-state index in [1.165, 1.54) is 12.8 Å². The normalized spacial score (nSPS) is 31.2. The van der Waals surface area contributed by atoms with Crippen LogP contribution in [0.15, 0.2) is 0 Å². The number of unbranched alkanes of at least 4 members (excludes halogenated alkanes) is 1. The Bertz CT molecular complexity index is 244. The molecule has 92 valence electrons. The van der Waals surface area contributed by atoms with Crippen molar-refractivity contribution >= 4 is 0 Å². The standard InChI is InChI=1S/C14H26N2/c1-5-8-9-10-16-12-14(4,7-3)15-11-13(16)6-2/h1,13,15H,6-12H2,2-4H3. The minimum atomic E-state index is 0.293. The number of hydrogen-bond acceptors (Lipinski definition) is 2. The first kappa shape index (κ1) is 13.5. The van der Waals surface area contributed by atoms with Gasteiger partial charge in [0.1, 0.15) is 0 Å². The minimum absolute atomic E-state index is 0.293. The molecule has 0 bridgehead atoms. The summed E-state index contributed by atoms with van der Waals surface area (Å²) in [5.41, 5.74) is 0.293. The van der Waals surface area contributed by atoms with Crippen molar-refractivity contribution in [3.63, 3.8) is 0 Å². The lowest BCUT2D eigenvalue weighted by atomic mass is 9.92. The van der Waals surface area contributed by atoms with E-state index in [4.69, 9.17) is 6.42 Å². The quantitative estimate of drug-likeness (QED) is 0.567. The van der Waals surface area contributed by atoms with E-state index in [2.05, 4.69) is 36.9 Å². The molecule has 0 amide bonds. The Hall–Kier alpha value is -0.520. The topological polar surface area (TPSA) is 15.3 Å². The Kier molecular flexibility index (Phi) is 5.31. The van der Waals surface area contributed by atoms with Crippen LogP contribution < -0.4 is 5.32 Å². The molecule has 1 saturated heterocycles. The monoisotopic (exact) mass is 222 g/mol. The van der Waals surface area contributed by atoms with Crippen LogP contribution in [-0.2, 0) is 0 Å². The number of rotatable bonds is 5. The largest absolute Gasteiger partial charge is 0.309 e. The maximum atomic E-state index is 5.31. The summed E-state index contributed by atoms with van der Waals surface area (Å²) in [5, 5.41) is 3.68. The molecule has 2 nitrogen and oxygen atoms in total. The lowest BCUT2D eigenvalue weighted by Gasteiger charge is -2.46. The molecule has 2 heteroatoms. The molecule has 1 heterocycles. The lowest BCUT2D eigenvalue weighted by molar-refractivity contribution is 0.0814. The van der Waals surface area contributed by atoms with Crippen molar-refractivity contribution in [2.75, 3.05) is 19.6 Å². The molecule has 16 heavy (non-hydrogen) atoms. The van der Waals surface area contributed by atoms with Crippen LogP contribution in [-0.4, -0.2) is 36.1 Å². The smallest absolute Gasteiger partial charge is 0.0278 e. The molecular formula is C14H26N2. The van der Waals surface area contributed by atoms with Gasteiger partial charge in [-0.3, -0.25) is 4.90 Å². The van der Waals surface area contributed by atoms with Gasteiger partial charge in [-0.25, -0.2) is 0 Å². The van der Waals surface area contributed by atoms with E-state index < -0.39 is 0 Å². The molecule has 0 aromatic heterocycles. The van der Waals surface area contributed by atoms with Gasteiger partial charge >= 0.3 is 0 Å². The number of piperazine rings is 1. The summed E-state index contributed by atoms with van der Waals surface area (Å²) in [6, 6.07) is 0.692. The highest BCUT2D eigenvalue weighted by Crippen LogP contribution is 2.20. The summed E-state index contributed by atoms with van der Waals surface area (Å²) in [4.78, 5) is 2.62. The molecule has 1 fully saturated rings. The fourth-order valence-electron chi connectivity index (χ4n) is 2.41. The van der Waals surface area contributed by atoms with E-state index in [1.54, 1.807) is 0 Å². The number of terminal acetylenes is 1. The van der Waals surface area contributed by atoms with E-state index in [0.29, 0.717) is 11.6 Å². The molecule has 0 aliphatic carbocycles. The van der Waals surface area contributed by atoms with Crippen LogP contribution in [0.25, 0.3) is 0 Å². The van der Waals surface area contributed by atoms with E-state index in [1.807, 2.05) is 0 Å². The SMILES string of the molecule is C#CCCCN1CC(C)(CC)NCC1CC. The van der Waals surface area contributed by atoms with Crippen LogP contribution in [0, 0.1) is 12.3 Å². The van der Waals surface area contributed by atoms with Crippen LogP contribution in [0.2, 0.25) is 0 Å². The van der Waals surface area contributed by atoms with Crippen molar-refractivity contribution in [1.29, 1.82) is 0 Å². The molecule has 0 aromatic carbocycles. The van der Waals surface area contributed by atoms with Crippen LogP contribution in [0.1, 0.15) is 46.5 Å². The average Bonchev–Trinajstić information content (AvgIpc) is 2.30. The first-order valence-corrected chi connectivity index (χ1v) is 6.57. The third-order valence-corrected chi connectivity index (χ3v) is 3.85. The van der Waals surface area contributed by atoms with Crippen LogP contribution >= 0.6 is 0 Å². The molecule has 2 unspecified atom stereocenters. The zero-order valence-electron chi connectivity index (χ0n) is 11.1. The maximum Gasteiger partial charge on any atom is 0.0278 e.